The van der Waals surface area contributed by atoms with E-state index in [1.807, 2.05) is 24.7 Å². The van der Waals surface area contributed by atoms with Gasteiger partial charge in [-0.05, 0) is 63.3 Å². The highest BCUT2D eigenvalue weighted by atomic mass is 19.1. The van der Waals surface area contributed by atoms with Crippen LogP contribution in [0.15, 0.2) is 18.3 Å². The Labute approximate surface area is 180 Å². The van der Waals surface area contributed by atoms with Crippen molar-refractivity contribution in [1.29, 1.82) is 0 Å². The first-order valence-electron chi connectivity index (χ1n) is 10.6. The van der Waals surface area contributed by atoms with Crippen LogP contribution in [0.2, 0.25) is 0 Å². The van der Waals surface area contributed by atoms with Crippen LogP contribution in [0.25, 0.3) is 11.0 Å². The summed E-state index contributed by atoms with van der Waals surface area (Å²) < 4.78 is 21.5. The number of aromatic nitrogens is 3. The van der Waals surface area contributed by atoms with Crippen LogP contribution in [-0.2, 0) is 11.2 Å². The van der Waals surface area contributed by atoms with E-state index in [4.69, 9.17) is 9.72 Å². The molecule has 0 radical (unpaired) electrons. The Morgan fingerprint density at radius 1 is 1.32 bits per heavy atom. The molecule has 1 unspecified atom stereocenters. The number of Topliss-reactive ketones (excluding diaryl/α,β-unsaturated/α-hetero) is 1. The summed E-state index contributed by atoms with van der Waals surface area (Å²) in [5, 5.41) is 5.41. The second-order valence-electron chi connectivity index (χ2n) is 8.56. The topological polar surface area (TPSA) is 74.1 Å². The molecular formula is C24H26FN3O3. The van der Waals surface area contributed by atoms with Gasteiger partial charge in [-0.2, -0.15) is 5.10 Å². The molecule has 0 aliphatic heterocycles. The van der Waals surface area contributed by atoms with Crippen LogP contribution >= 0.6 is 0 Å². The fourth-order valence-corrected chi connectivity index (χ4v) is 4.45. The Kier molecular flexibility index (Phi) is 5.37. The van der Waals surface area contributed by atoms with E-state index < -0.39 is 11.8 Å². The SMILES string of the molecule is Cc1nc2c(cnn2C(C)C)c(C)c1CCC(=O)Oc1ccc(F)c2c1C(=O)CC2C. The standard InChI is InChI=1S/C24H26FN3O3/c1-12(2)28-24-17(11-26-28)14(4)16(15(5)27-24)6-9-21(30)31-20-8-7-18(25)22-13(3)10-19(29)23(20)22/h7-8,11-13H,6,9-10H2,1-5H3. The average molecular weight is 423 g/mol. The summed E-state index contributed by atoms with van der Waals surface area (Å²) in [4.78, 5) is 29.6. The van der Waals surface area contributed by atoms with Crippen molar-refractivity contribution >= 4 is 22.8 Å². The number of rotatable bonds is 5. The molecule has 0 bridgehead atoms. The molecule has 1 aliphatic carbocycles. The normalized spacial score (nSPS) is 15.7. The largest absolute Gasteiger partial charge is 0.426 e. The maximum absolute atomic E-state index is 14.2. The molecule has 7 heteroatoms. The number of ether oxygens (including phenoxy) is 1. The van der Waals surface area contributed by atoms with Crippen LogP contribution in [0, 0.1) is 19.7 Å². The zero-order valence-electron chi connectivity index (χ0n) is 18.5. The quantitative estimate of drug-likeness (QED) is 0.427. The number of esters is 1. The van der Waals surface area contributed by atoms with Crippen LogP contribution in [0.5, 0.6) is 5.75 Å². The van der Waals surface area contributed by atoms with Crippen molar-refractivity contribution in [1.82, 2.24) is 14.8 Å². The number of aryl methyl sites for hydroxylation is 2. The molecule has 6 nitrogen and oxygen atoms in total. The molecule has 162 valence electrons. The first kappa shape index (κ1) is 21.2. The number of hydrogen-bond acceptors (Lipinski definition) is 5. The molecule has 0 saturated heterocycles. The van der Waals surface area contributed by atoms with Crippen molar-refractivity contribution in [2.75, 3.05) is 0 Å². The van der Waals surface area contributed by atoms with Gasteiger partial charge in [-0.15, -0.1) is 0 Å². The number of halogens is 1. The third kappa shape index (κ3) is 3.62. The molecule has 1 aromatic carbocycles. The average Bonchev–Trinajstić information content (AvgIpc) is 3.25. The number of ketones is 1. The lowest BCUT2D eigenvalue weighted by Gasteiger charge is -2.13. The lowest BCUT2D eigenvalue weighted by Crippen LogP contribution is -2.13. The number of hydrogen-bond donors (Lipinski definition) is 0. The van der Waals surface area contributed by atoms with Gasteiger partial charge in [-0.1, -0.05) is 6.92 Å². The second kappa shape index (κ2) is 7.87. The first-order chi connectivity index (χ1) is 14.7. The monoisotopic (exact) mass is 423 g/mol. The molecule has 0 spiro atoms. The van der Waals surface area contributed by atoms with E-state index in [0.29, 0.717) is 12.0 Å². The minimum Gasteiger partial charge on any atom is -0.426 e. The van der Waals surface area contributed by atoms with Crippen molar-refractivity contribution in [3.05, 3.63) is 52.1 Å². The highest BCUT2D eigenvalue weighted by Gasteiger charge is 2.33. The van der Waals surface area contributed by atoms with Gasteiger partial charge in [0.2, 0.25) is 0 Å². The number of pyridine rings is 1. The summed E-state index contributed by atoms with van der Waals surface area (Å²) in [7, 11) is 0. The summed E-state index contributed by atoms with van der Waals surface area (Å²) in [5.41, 5.74) is 4.28. The maximum atomic E-state index is 14.2. The molecule has 0 amide bonds. The van der Waals surface area contributed by atoms with E-state index in [1.54, 1.807) is 6.92 Å². The van der Waals surface area contributed by atoms with Crippen molar-refractivity contribution in [2.45, 2.75) is 65.8 Å². The Morgan fingerprint density at radius 2 is 2.06 bits per heavy atom. The van der Waals surface area contributed by atoms with E-state index in [2.05, 4.69) is 18.9 Å². The van der Waals surface area contributed by atoms with Gasteiger partial charge in [0, 0.05) is 29.1 Å². The number of carbonyl (C=O) groups excluding carboxylic acids is 2. The predicted molar refractivity (Wildman–Crippen MR) is 115 cm³/mol. The minimum absolute atomic E-state index is 0.128. The van der Waals surface area contributed by atoms with Gasteiger partial charge in [-0.25, -0.2) is 14.1 Å². The maximum Gasteiger partial charge on any atom is 0.311 e. The molecule has 31 heavy (non-hydrogen) atoms. The molecule has 0 saturated carbocycles. The third-order valence-electron chi connectivity index (χ3n) is 6.05. The Balaban J connectivity index is 1.54. The molecule has 0 fully saturated rings. The van der Waals surface area contributed by atoms with Gasteiger partial charge < -0.3 is 4.74 Å². The van der Waals surface area contributed by atoms with Gasteiger partial charge in [0.15, 0.2) is 11.4 Å². The van der Waals surface area contributed by atoms with Crippen molar-refractivity contribution in [3.63, 3.8) is 0 Å². The molecule has 0 N–H and O–H groups in total. The number of nitrogens with zero attached hydrogens (tertiary/aromatic N) is 3. The molecule has 2 aromatic heterocycles. The lowest BCUT2D eigenvalue weighted by atomic mass is 10.0. The van der Waals surface area contributed by atoms with Crippen LogP contribution in [0.1, 0.15) is 78.3 Å². The summed E-state index contributed by atoms with van der Waals surface area (Å²) in [6.07, 6.45) is 2.63. The van der Waals surface area contributed by atoms with Crippen LogP contribution in [-0.4, -0.2) is 26.5 Å². The number of carbonyl (C=O) groups is 2. The predicted octanol–water partition coefficient (Wildman–Crippen LogP) is 5.00. The summed E-state index contributed by atoms with van der Waals surface area (Å²) in [6.45, 7) is 9.85. The fraction of sp³-hybridized carbons (Fsp3) is 0.417. The molecule has 3 aromatic rings. The number of benzene rings is 1. The molecule has 4 rings (SSSR count). The highest BCUT2D eigenvalue weighted by molar-refractivity contribution is 6.04. The number of fused-ring (bicyclic) bond motifs is 2. The van der Waals surface area contributed by atoms with E-state index in [-0.39, 0.29) is 41.9 Å². The lowest BCUT2D eigenvalue weighted by molar-refractivity contribution is -0.134. The van der Waals surface area contributed by atoms with Crippen LogP contribution in [0.3, 0.4) is 0 Å². The fourth-order valence-electron chi connectivity index (χ4n) is 4.45. The van der Waals surface area contributed by atoms with Crippen LogP contribution in [0.4, 0.5) is 4.39 Å². The van der Waals surface area contributed by atoms with E-state index in [0.717, 1.165) is 27.9 Å². The van der Waals surface area contributed by atoms with Crippen LogP contribution < -0.4 is 4.74 Å². The zero-order chi connectivity index (χ0) is 22.4. The molecule has 2 heterocycles. The minimum atomic E-state index is -0.460. The second-order valence-corrected chi connectivity index (χ2v) is 8.56. The third-order valence-corrected chi connectivity index (χ3v) is 6.05. The first-order valence-corrected chi connectivity index (χ1v) is 10.6. The van der Waals surface area contributed by atoms with E-state index in [1.165, 1.54) is 12.1 Å². The summed E-state index contributed by atoms with van der Waals surface area (Å²) in [5.74, 6) is -1.14. The van der Waals surface area contributed by atoms with Gasteiger partial charge in [0.1, 0.15) is 11.6 Å². The Morgan fingerprint density at radius 3 is 2.77 bits per heavy atom. The highest BCUT2D eigenvalue weighted by Crippen LogP contribution is 2.40. The van der Waals surface area contributed by atoms with Gasteiger partial charge in [-0.3, -0.25) is 9.59 Å². The molecular weight excluding hydrogens is 397 g/mol. The van der Waals surface area contributed by atoms with Gasteiger partial charge >= 0.3 is 5.97 Å². The Hall–Kier alpha value is -3.09. The Bertz CT molecular complexity index is 1210. The van der Waals surface area contributed by atoms with Gasteiger partial charge in [0.25, 0.3) is 0 Å². The van der Waals surface area contributed by atoms with Crippen molar-refractivity contribution < 1.29 is 18.7 Å². The van der Waals surface area contributed by atoms with Crippen molar-refractivity contribution in [3.8, 4) is 5.75 Å². The van der Waals surface area contributed by atoms with Gasteiger partial charge in [0.05, 0.1) is 18.2 Å². The van der Waals surface area contributed by atoms with E-state index >= 15 is 0 Å². The summed E-state index contributed by atoms with van der Waals surface area (Å²) >= 11 is 0. The zero-order valence-corrected chi connectivity index (χ0v) is 18.5. The molecule has 1 aliphatic rings. The summed E-state index contributed by atoms with van der Waals surface area (Å²) in [6, 6.07) is 2.83. The molecule has 1 atom stereocenters. The smallest absolute Gasteiger partial charge is 0.311 e. The van der Waals surface area contributed by atoms with Crippen molar-refractivity contribution in [2.24, 2.45) is 0 Å². The van der Waals surface area contributed by atoms with E-state index in [9.17, 15) is 14.0 Å².